The summed E-state index contributed by atoms with van der Waals surface area (Å²) in [5.74, 6) is -0.666. The fourth-order valence-electron chi connectivity index (χ4n) is 3.89. The third-order valence-electron chi connectivity index (χ3n) is 5.35. The van der Waals surface area contributed by atoms with Crippen LogP contribution in [0, 0.1) is 5.92 Å². The van der Waals surface area contributed by atoms with E-state index in [9.17, 15) is 26.4 Å². The molecule has 0 radical (unpaired) electrons. The minimum Gasteiger partial charge on any atom is -0.376 e. The monoisotopic (exact) mass is 439 g/mol. The van der Waals surface area contributed by atoms with Gasteiger partial charge in [0.05, 0.1) is 0 Å². The topological polar surface area (TPSA) is 63.7 Å². The van der Waals surface area contributed by atoms with Crippen molar-refractivity contribution in [3.05, 3.63) is 28.8 Å². The lowest BCUT2D eigenvalue weighted by Crippen LogP contribution is -2.39. The molecule has 3 rings (SSSR count). The normalized spacial score (nSPS) is 21.9. The second-order valence-corrected chi connectivity index (χ2v) is 9.19. The molecule has 2 aliphatic rings. The van der Waals surface area contributed by atoms with Crippen LogP contribution in [0.15, 0.2) is 18.2 Å². The van der Waals surface area contributed by atoms with Crippen molar-refractivity contribution in [3.63, 3.8) is 0 Å². The maximum Gasteiger partial charge on any atom is 0.534 e. The Morgan fingerprint density at radius 1 is 1.14 bits per heavy atom. The van der Waals surface area contributed by atoms with Gasteiger partial charge in [0.25, 0.3) is 0 Å². The van der Waals surface area contributed by atoms with E-state index in [1.54, 1.807) is 0 Å². The average molecular weight is 440 g/mol. The van der Waals surface area contributed by atoms with Gasteiger partial charge in [0.2, 0.25) is 5.91 Å². The smallest absolute Gasteiger partial charge is 0.376 e. The summed E-state index contributed by atoms with van der Waals surface area (Å²) < 4.78 is 63.5. The lowest BCUT2D eigenvalue weighted by Gasteiger charge is -2.31. The molecule has 5 nitrogen and oxygen atoms in total. The summed E-state index contributed by atoms with van der Waals surface area (Å²) in [6.45, 7) is 0.705. The molecule has 1 aromatic carbocycles. The van der Waals surface area contributed by atoms with Crippen molar-refractivity contribution >= 4 is 27.6 Å². The lowest BCUT2D eigenvalue weighted by atomic mass is 9.94. The van der Waals surface area contributed by atoms with Crippen LogP contribution < -0.4 is 4.18 Å². The molecule has 0 N–H and O–H groups in total. The molecule has 1 amide bonds. The molecular weight excluding hydrogens is 419 g/mol. The number of likely N-dealkylation sites (tertiary alicyclic amines) is 1. The van der Waals surface area contributed by atoms with Crippen LogP contribution in [0.3, 0.4) is 0 Å². The van der Waals surface area contributed by atoms with Gasteiger partial charge in [-0.05, 0) is 37.3 Å². The molecule has 28 heavy (non-hydrogen) atoms. The van der Waals surface area contributed by atoms with Gasteiger partial charge in [0.15, 0.2) is 0 Å². The second-order valence-electron chi connectivity index (χ2n) is 7.25. The van der Waals surface area contributed by atoms with Crippen molar-refractivity contribution < 1.29 is 30.6 Å². The van der Waals surface area contributed by atoms with Crippen molar-refractivity contribution in [3.8, 4) is 5.75 Å². The molecule has 1 aromatic rings. The third-order valence-corrected chi connectivity index (χ3v) is 6.68. The van der Waals surface area contributed by atoms with E-state index < -0.39 is 21.4 Å². The Hall–Kier alpha value is -1.48. The van der Waals surface area contributed by atoms with Crippen LogP contribution in [0.4, 0.5) is 13.2 Å². The Kier molecular flexibility index (Phi) is 6.14. The van der Waals surface area contributed by atoms with Crippen LogP contribution >= 0.6 is 11.6 Å². The van der Waals surface area contributed by atoms with Gasteiger partial charge in [-0.1, -0.05) is 36.9 Å². The maximum atomic E-state index is 12.7. The fraction of sp³-hybridized carbons (Fsp3) is 0.611. The predicted molar refractivity (Wildman–Crippen MR) is 97.5 cm³/mol. The molecule has 2 fully saturated rings. The zero-order valence-corrected chi connectivity index (χ0v) is 16.6. The number of nitrogens with zero attached hydrogens (tertiary/aromatic N) is 1. The van der Waals surface area contributed by atoms with Crippen molar-refractivity contribution in [1.29, 1.82) is 0 Å². The Morgan fingerprint density at radius 3 is 2.43 bits per heavy atom. The fourth-order valence-corrected chi connectivity index (χ4v) is 4.59. The van der Waals surface area contributed by atoms with Crippen LogP contribution in [0.25, 0.3) is 0 Å². The van der Waals surface area contributed by atoms with Gasteiger partial charge in [0.1, 0.15) is 5.75 Å². The average Bonchev–Trinajstić information content (AvgIpc) is 2.97. The molecule has 0 spiro atoms. The third kappa shape index (κ3) is 4.56. The predicted octanol–water partition coefficient (Wildman–Crippen LogP) is 4.29. The second kappa shape index (κ2) is 8.10. The van der Waals surface area contributed by atoms with Gasteiger partial charge in [-0.3, -0.25) is 4.79 Å². The quantitative estimate of drug-likeness (QED) is 0.507. The van der Waals surface area contributed by atoms with E-state index in [2.05, 4.69) is 4.18 Å². The molecule has 1 aliphatic carbocycles. The number of carbonyl (C=O) groups excluding carboxylic acids is 1. The minimum absolute atomic E-state index is 0.0683. The first-order valence-corrected chi connectivity index (χ1v) is 11.0. The Balaban J connectivity index is 1.66. The van der Waals surface area contributed by atoms with E-state index in [0.29, 0.717) is 31.0 Å². The molecule has 1 aliphatic heterocycles. The summed E-state index contributed by atoms with van der Waals surface area (Å²) in [6.07, 6.45) is 6.58. The Morgan fingerprint density at radius 2 is 1.82 bits per heavy atom. The van der Waals surface area contributed by atoms with Gasteiger partial charge < -0.3 is 9.08 Å². The molecular formula is C18H21ClF3NO4S. The number of hydrogen-bond donors (Lipinski definition) is 0. The highest BCUT2D eigenvalue weighted by atomic mass is 35.5. The Labute approximate surface area is 166 Å². The summed E-state index contributed by atoms with van der Waals surface area (Å²) in [5, 5.41) is 0.0683. The van der Waals surface area contributed by atoms with Crippen LogP contribution in [0.2, 0.25) is 5.02 Å². The zero-order chi connectivity index (χ0) is 20.5. The van der Waals surface area contributed by atoms with Gasteiger partial charge in [-0.15, -0.1) is 0 Å². The van der Waals surface area contributed by atoms with Gasteiger partial charge in [-0.25, -0.2) is 0 Å². The van der Waals surface area contributed by atoms with Crippen LogP contribution in [-0.2, 0) is 21.3 Å². The first kappa shape index (κ1) is 21.2. The summed E-state index contributed by atoms with van der Waals surface area (Å²) in [4.78, 5) is 14.7. The standard InChI is InChI=1S/C18H21ClF3NO4S/c19-16-11-15(27-28(25,26)18(20,21)22)7-6-12(16)10-13-8-9-23(17(13)24)14-4-2-1-3-5-14/h6-7,11,13-14H,1-5,8-10H2. The molecule has 1 atom stereocenters. The molecule has 0 aromatic heterocycles. The number of rotatable bonds is 5. The molecule has 1 saturated carbocycles. The first-order valence-electron chi connectivity index (χ1n) is 9.18. The van der Waals surface area contributed by atoms with Crippen molar-refractivity contribution in [2.75, 3.05) is 6.54 Å². The van der Waals surface area contributed by atoms with Crippen molar-refractivity contribution in [2.24, 2.45) is 5.92 Å². The number of hydrogen-bond acceptors (Lipinski definition) is 4. The summed E-state index contributed by atoms with van der Waals surface area (Å²) >= 11 is 6.10. The van der Waals surface area contributed by atoms with Crippen LogP contribution in [0.5, 0.6) is 5.75 Å². The number of alkyl halides is 3. The SMILES string of the molecule is O=C1C(Cc2ccc(OS(=O)(=O)C(F)(F)F)cc2Cl)CCN1C1CCCCC1. The first-order chi connectivity index (χ1) is 13.1. The molecule has 1 unspecified atom stereocenters. The van der Waals surface area contributed by atoms with Gasteiger partial charge in [-0.2, -0.15) is 21.6 Å². The number of benzene rings is 1. The maximum absolute atomic E-state index is 12.7. The number of carbonyl (C=O) groups is 1. The molecule has 0 bridgehead atoms. The largest absolute Gasteiger partial charge is 0.534 e. The minimum atomic E-state index is -5.75. The summed E-state index contributed by atoms with van der Waals surface area (Å²) in [5.41, 5.74) is -4.95. The van der Waals surface area contributed by atoms with Crippen LogP contribution in [-0.4, -0.2) is 37.3 Å². The van der Waals surface area contributed by atoms with Crippen molar-refractivity contribution in [2.45, 2.75) is 56.5 Å². The van der Waals surface area contributed by atoms with E-state index >= 15 is 0 Å². The van der Waals surface area contributed by atoms with Crippen molar-refractivity contribution in [1.82, 2.24) is 4.90 Å². The van der Waals surface area contributed by atoms with Gasteiger partial charge >= 0.3 is 15.6 Å². The highest BCUT2D eigenvalue weighted by molar-refractivity contribution is 7.88. The summed E-state index contributed by atoms with van der Waals surface area (Å²) in [6, 6.07) is 3.84. The Bertz CT molecular complexity index is 838. The van der Waals surface area contributed by atoms with E-state index in [4.69, 9.17) is 11.6 Å². The highest BCUT2D eigenvalue weighted by Crippen LogP contribution is 2.33. The number of amides is 1. The molecule has 10 heteroatoms. The number of halogens is 4. The molecule has 1 saturated heterocycles. The van der Waals surface area contributed by atoms with Gasteiger partial charge in [0, 0.05) is 29.6 Å². The van der Waals surface area contributed by atoms with E-state index in [1.165, 1.54) is 12.5 Å². The lowest BCUT2D eigenvalue weighted by molar-refractivity contribution is -0.133. The highest BCUT2D eigenvalue weighted by Gasteiger charge is 2.48. The van der Waals surface area contributed by atoms with E-state index in [0.717, 1.165) is 37.8 Å². The summed E-state index contributed by atoms with van der Waals surface area (Å²) in [7, 11) is -5.75. The van der Waals surface area contributed by atoms with E-state index in [1.807, 2.05) is 4.90 Å². The molecule has 1 heterocycles. The van der Waals surface area contributed by atoms with Crippen LogP contribution in [0.1, 0.15) is 44.1 Å². The molecule has 156 valence electrons. The zero-order valence-electron chi connectivity index (χ0n) is 15.0. The van der Waals surface area contributed by atoms with E-state index in [-0.39, 0.29) is 16.8 Å².